The average Bonchev–Trinajstić information content (AvgIpc) is 3.01. The van der Waals surface area contributed by atoms with Gasteiger partial charge in [0.25, 0.3) is 0 Å². The number of methoxy groups -OCH3 is 1. The van der Waals surface area contributed by atoms with Crippen molar-refractivity contribution >= 4 is 17.5 Å². The summed E-state index contributed by atoms with van der Waals surface area (Å²) in [5, 5.41) is 0.171. The predicted molar refractivity (Wildman–Crippen MR) is 76.1 cm³/mol. The number of hydrogen-bond acceptors (Lipinski definition) is 6. The van der Waals surface area contributed by atoms with Crippen LogP contribution in [0.25, 0.3) is 11.5 Å². The lowest BCUT2D eigenvalue weighted by atomic mass is 10.3. The fourth-order valence-electron chi connectivity index (χ4n) is 2.23. The number of pyridine rings is 1. The van der Waals surface area contributed by atoms with E-state index in [0.717, 1.165) is 25.9 Å². The van der Waals surface area contributed by atoms with Gasteiger partial charge in [0.05, 0.1) is 7.11 Å². The van der Waals surface area contributed by atoms with Gasteiger partial charge < -0.3 is 9.64 Å². The summed E-state index contributed by atoms with van der Waals surface area (Å²) in [4.78, 5) is 19.2. The third-order valence-corrected chi connectivity index (χ3v) is 3.36. The highest BCUT2D eigenvalue weighted by atomic mass is 35.5. The quantitative estimate of drug-likeness (QED) is 0.864. The molecule has 0 aromatic carbocycles. The van der Waals surface area contributed by atoms with Crippen molar-refractivity contribution in [2.24, 2.45) is 0 Å². The van der Waals surface area contributed by atoms with Crippen LogP contribution in [0, 0.1) is 0 Å². The molecule has 0 bridgehead atoms. The molecule has 0 unspecified atom stereocenters. The van der Waals surface area contributed by atoms with E-state index in [1.807, 2.05) is 6.07 Å². The lowest BCUT2D eigenvalue weighted by Gasteiger charge is -2.15. The molecule has 0 N–H and O–H groups in total. The van der Waals surface area contributed by atoms with E-state index in [4.69, 9.17) is 16.3 Å². The van der Waals surface area contributed by atoms with Crippen LogP contribution >= 0.6 is 11.6 Å². The van der Waals surface area contributed by atoms with Crippen LogP contribution < -0.4 is 9.64 Å². The van der Waals surface area contributed by atoms with Crippen molar-refractivity contribution in [2.75, 3.05) is 25.1 Å². The second-order valence-corrected chi connectivity index (χ2v) is 4.81. The van der Waals surface area contributed by atoms with Crippen LogP contribution in [0.2, 0.25) is 5.28 Å². The second-order valence-electron chi connectivity index (χ2n) is 4.48. The highest BCUT2D eigenvalue weighted by molar-refractivity contribution is 6.28. The number of rotatable bonds is 3. The highest BCUT2D eigenvalue weighted by Gasteiger charge is 2.19. The molecule has 1 fully saturated rings. The number of hydrogen-bond donors (Lipinski definition) is 0. The Morgan fingerprint density at radius 3 is 2.75 bits per heavy atom. The Morgan fingerprint density at radius 1 is 1.20 bits per heavy atom. The van der Waals surface area contributed by atoms with Gasteiger partial charge in [-0.15, -0.1) is 0 Å². The summed E-state index contributed by atoms with van der Waals surface area (Å²) in [6.07, 6.45) is 3.96. The topological polar surface area (TPSA) is 64.0 Å². The van der Waals surface area contributed by atoms with Gasteiger partial charge in [-0.1, -0.05) is 0 Å². The molecule has 0 aliphatic carbocycles. The lowest BCUT2D eigenvalue weighted by molar-refractivity contribution is 0.414. The van der Waals surface area contributed by atoms with Crippen LogP contribution in [0.5, 0.6) is 5.75 Å². The molecule has 7 heteroatoms. The normalized spacial score (nSPS) is 14.6. The number of nitrogens with zero attached hydrogens (tertiary/aromatic N) is 5. The lowest BCUT2D eigenvalue weighted by Crippen LogP contribution is -2.21. The molecular formula is C13H14ClN5O. The monoisotopic (exact) mass is 291 g/mol. The summed E-state index contributed by atoms with van der Waals surface area (Å²) < 4.78 is 5.29. The van der Waals surface area contributed by atoms with Gasteiger partial charge in [0.1, 0.15) is 11.4 Å². The van der Waals surface area contributed by atoms with Gasteiger partial charge in [-0.3, -0.25) is 0 Å². The molecule has 0 atom stereocenters. The zero-order valence-corrected chi connectivity index (χ0v) is 11.8. The van der Waals surface area contributed by atoms with Gasteiger partial charge in [0, 0.05) is 19.3 Å². The van der Waals surface area contributed by atoms with E-state index in [9.17, 15) is 0 Å². The maximum atomic E-state index is 6.02. The molecule has 0 amide bonds. The molecule has 3 heterocycles. The number of halogens is 1. The molecule has 1 aliphatic rings. The summed E-state index contributed by atoms with van der Waals surface area (Å²) in [6, 6.07) is 3.61. The van der Waals surface area contributed by atoms with Gasteiger partial charge in [-0.2, -0.15) is 15.0 Å². The van der Waals surface area contributed by atoms with Crippen LogP contribution in [0.3, 0.4) is 0 Å². The van der Waals surface area contributed by atoms with Gasteiger partial charge in [0.2, 0.25) is 11.2 Å². The van der Waals surface area contributed by atoms with Gasteiger partial charge in [-0.05, 0) is 36.6 Å². The first-order valence-electron chi connectivity index (χ1n) is 6.44. The SMILES string of the molecule is COc1cccnc1-c1nc(Cl)nc(N2CCCC2)n1. The zero-order valence-electron chi connectivity index (χ0n) is 11.1. The number of ether oxygens (including phenoxy) is 1. The molecule has 0 spiro atoms. The number of aromatic nitrogens is 4. The van der Waals surface area contributed by atoms with Crippen molar-refractivity contribution in [3.63, 3.8) is 0 Å². The first kappa shape index (κ1) is 13.1. The molecular weight excluding hydrogens is 278 g/mol. The molecule has 2 aromatic rings. The zero-order chi connectivity index (χ0) is 13.9. The van der Waals surface area contributed by atoms with E-state index in [1.54, 1.807) is 19.4 Å². The number of anilines is 1. The average molecular weight is 292 g/mol. The third kappa shape index (κ3) is 2.51. The molecule has 1 aliphatic heterocycles. The fraction of sp³-hybridized carbons (Fsp3) is 0.385. The van der Waals surface area contributed by atoms with Crippen molar-refractivity contribution in [1.82, 2.24) is 19.9 Å². The van der Waals surface area contributed by atoms with Crippen LogP contribution in [0.4, 0.5) is 5.95 Å². The van der Waals surface area contributed by atoms with E-state index in [-0.39, 0.29) is 5.28 Å². The van der Waals surface area contributed by atoms with Gasteiger partial charge in [-0.25, -0.2) is 4.98 Å². The molecule has 0 radical (unpaired) electrons. The van der Waals surface area contributed by atoms with E-state index in [0.29, 0.717) is 23.2 Å². The van der Waals surface area contributed by atoms with Gasteiger partial charge in [0.15, 0.2) is 5.82 Å². The van der Waals surface area contributed by atoms with Crippen molar-refractivity contribution in [3.8, 4) is 17.3 Å². The molecule has 104 valence electrons. The van der Waals surface area contributed by atoms with Crippen molar-refractivity contribution in [3.05, 3.63) is 23.6 Å². The van der Waals surface area contributed by atoms with Crippen molar-refractivity contribution < 1.29 is 4.74 Å². The summed E-state index contributed by atoms with van der Waals surface area (Å²) in [5.41, 5.74) is 0.569. The Labute approximate surface area is 121 Å². The Morgan fingerprint density at radius 2 is 2.00 bits per heavy atom. The summed E-state index contributed by atoms with van der Waals surface area (Å²) in [6.45, 7) is 1.89. The van der Waals surface area contributed by atoms with Crippen LogP contribution in [-0.4, -0.2) is 40.1 Å². The molecule has 0 saturated carbocycles. The first-order valence-corrected chi connectivity index (χ1v) is 6.81. The Kier molecular flexibility index (Phi) is 3.64. The standard InChI is InChI=1S/C13H14ClN5O/c1-20-9-5-4-6-15-10(9)11-16-12(14)18-13(17-11)19-7-2-3-8-19/h4-6H,2-3,7-8H2,1H3. The fourth-order valence-corrected chi connectivity index (χ4v) is 2.38. The van der Waals surface area contributed by atoms with Crippen LogP contribution in [0.15, 0.2) is 18.3 Å². The maximum absolute atomic E-state index is 6.02. The minimum Gasteiger partial charge on any atom is -0.494 e. The Bertz CT molecular complexity index is 615. The molecule has 3 rings (SSSR count). The molecule has 6 nitrogen and oxygen atoms in total. The molecule has 20 heavy (non-hydrogen) atoms. The minimum absolute atomic E-state index is 0.171. The van der Waals surface area contributed by atoms with Crippen LogP contribution in [-0.2, 0) is 0 Å². The van der Waals surface area contributed by atoms with E-state index < -0.39 is 0 Å². The second kappa shape index (κ2) is 5.58. The van der Waals surface area contributed by atoms with Gasteiger partial charge >= 0.3 is 0 Å². The summed E-state index contributed by atoms with van der Waals surface area (Å²) in [7, 11) is 1.59. The Balaban J connectivity index is 2.04. The molecule has 1 saturated heterocycles. The van der Waals surface area contributed by atoms with Crippen molar-refractivity contribution in [1.29, 1.82) is 0 Å². The maximum Gasteiger partial charge on any atom is 0.230 e. The highest BCUT2D eigenvalue weighted by Crippen LogP contribution is 2.27. The third-order valence-electron chi connectivity index (χ3n) is 3.19. The summed E-state index contributed by atoms with van der Waals surface area (Å²) in [5.74, 6) is 1.65. The largest absolute Gasteiger partial charge is 0.494 e. The smallest absolute Gasteiger partial charge is 0.230 e. The van der Waals surface area contributed by atoms with E-state index >= 15 is 0 Å². The predicted octanol–water partition coefficient (Wildman–Crippen LogP) is 2.20. The van der Waals surface area contributed by atoms with Crippen LogP contribution in [0.1, 0.15) is 12.8 Å². The minimum atomic E-state index is 0.171. The van der Waals surface area contributed by atoms with Crippen molar-refractivity contribution in [2.45, 2.75) is 12.8 Å². The first-order chi connectivity index (χ1) is 9.78. The Hall–Kier alpha value is -1.95. The van der Waals surface area contributed by atoms with E-state index in [1.165, 1.54) is 0 Å². The van der Waals surface area contributed by atoms with E-state index in [2.05, 4.69) is 24.8 Å². The molecule has 2 aromatic heterocycles. The summed E-state index contributed by atoms with van der Waals surface area (Å²) >= 11 is 6.02.